The molecule has 0 saturated carbocycles. The molecular formula is C20H23BrN2O3S. The molecule has 0 aliphatic carbocycles. The highest BCUT2D eigenvalue weighted by Crippen LogP contribution is 2.24. The van der Waals surface area contributed by atoms with Crippen molar-refractivity contribution in [2.45, 2.75) is 30.8 Å². The lowest BCUT2D eigenvalue weighted by atomic mass is 10.1. The second kappa shape index (κ2) is 9.90. The summed E-state index contributed by atoms with van der Waals surface area (Å²) in [4.78, 5) is 25.5. The minimum atomic E-state index is -0.902. The largest absolute Gasteiger partial charge is 1.00 e. The van der Waals surface area contributed by atoms with E-state index in [1.807, 2.05) is 61.7 Å². The van der Waals surface area contributed by atoms with Crippen LogP contribution in [0.3, 0.4) is 0 Å². The number of para-hydroxylation sites is 1. The number of nitrogens with zero attached hydrogens (tertiary/aromatic N) is 2. The number of rotatable bonds is 6. The number of carbonyl (C=O) groups excluding carboxylic acids is 1. The van der Waals surface area contributed by atoms with Crippen LogP contribution in [0.5, 0.6) is 0 Å². The predicted molar refractivity (Wildman–Crippen MR) is 100 cm³/mol. The molecule has 5 nitrogen and oxygen atoms in total. The highest BCUT2D eigenvalue weighted by molar-refractivity contribution is 7.99. The van der Waals surface area contributed by atoms with Crippen molar-refractivity contribution in [3.05, 3.63) is 54.7 Å². The fraction of sp³-hybridized carbons (Fsp3) is 0.350. The van der Waals surface area contributed by atoms with Crippen LogP contribution in [0.1, 0.15) is 19.8 Å². The number of pyridine rings is 1. The molecule has 1 saturated heterocycles. The molecule has 0 bridgehead atoms. The van der Waals surface area contributed by atoms with Gasteiger partial charge in [0.2, 0.25) is 16.6 Å². The van der Waals surface area contributed by atoms with Gasteiger partial charge in [0.05, 0.1) is 0 Å². The molecule has 0 spiro atoms. The Balaban J connectivity index is 0.00000261. The van der Waals surface area contributed by atoms with Crippen LogP contribution < -0.4 is 21.5 Å². The van der Waals surface area contributed by atoms with Crippen molar-refractivity contribution in [3.8, 4) is 5.69 Å². The Morgan fingerprint density at radius 3 is 2.63 bits per heavy atom. The van der Waals surface area contributed by atoms with E-state index in [1.165, 1.54) is 4.90 Å². The number of carboxylic acid groups (broad SMARTS) is 1. The van der Waals surface area contributed by atoms with Gasteiger partial charge in [-0.05, 0) is 18.9 Å². The lowest BCUT2D eigenvalue weighted by molar-refractivity contribution is -0.636. The highest BCUT2D eigenvalue weighted by atomic mass is 79.9. The third-order valence-electron chi connectivity index (χ3n) is 4.58. The summed E-state index contributed by atoms with van der Waals surface area (Å²) in [5.74, 6) is -0.590. The van der Waals surface area contributed by atoms with Crippen molar-refractivity contribution in [1.29, 1.82) is 0 Å². The van der Waals surface area contributed by atoms with E-state index in [9.17, 15) is 14.7 Å². The molecule has 144 valence electrons. The van der Waals surface area contributed by atoms with Gasteiger partial charge in [-0.15, -0.1) is 0 Å². The summed E-state index contributed by atoms with van der Waals surface area (Å²) in [5.41, 5.74) is 1.07. The number of halogens is 1. The maximum atomic E-state index is 12.7. The Kier molecular flexibility index (Phi) is 7.86. The van der Waals surface area contributed by atoms with Crippen LogP contribution in [-0.2, 0) is 9.59 Å². The van der Waals surface area contributed by atoms with Gasteiger partial charge in [0.1, 0.15) is 6.04 Å². The third-order valence-corrected chi connectivity index (χ3v) is 5.88. The number of aromatic nitrogens is 1. The summed E-state index contributed by atoms with van der Waals surface area (Å²) >= 11 is 1.61. The molecule has 2 heterocycles. The van der Waals surface area contributed by atoms with Crippen molar-refractivity contribution < 1.29 is 36.2 Å². The average molecular weight is 451 g/mol. The molecule has 2 atom stereocenters. The Bertz CT molecular complexity index is 788. The zero-order chi connectivity index (χ0) is 18.5. The molecule has 1 fully saturated rings. The lowest BCUT2D eigenvalue weighted by Crippen LogP contribution is -3.00. The van der Waals surface area contributed by atoms with Gasteiger partial charge < -0.3 is 27.0 Å². The van der Waals surface area contributed by atoms with Gasteiger partial charge in [-0.3, -0.25) is 4.79 Å². The standard InChI is InChI=1S/C20H22N2O3S.BrH/c1-15(19(23)22-13-7-10-17(22)20(24)25)14-26-18-11-5-6-12-21(18)16-8-3-2-4-9-16;/h2-6,8-9,11-12,15,17H,7,10,13-14H2,1H3;1H/t15?,17-;/m0./s1. The number of aliphatic carboxylic acids is 1. The first-order chi connectivity index (χ1) is 12.6. The topological polar surface area (TPSA) is 61.5 Å². The summed E-state index contributed by atoms with van der Waals surface area (Å²) < 4.78 is 2.10. The van der Waals surface area contributed by atoms with Crippen molar-refractivity contribution in [3.63, 3.8) is 0 Å². The van der Waals surface area contributed by atoms with Gasteiger partial charge in [0, 0.05) is 42.5 Å². The van der Waals surface area contributed by atoms with Gasteiger partial charge in [-0.1, -0.05) is 36.9 Å². The zero-order valence-corrected chi connectivity index (χ0v) is 17.5. The summed E-state index contributed by atoms with van der Waals surface area (Å²) in [6.45, 7) is 2.42. The quantitative estimate of drug-likeness (QED) is 0.487. The maximum Gasteiger partial charge on any atom is 0.326 e. The van der Waals surface area contributed by atoms with Gasteiger partial charge in [-0.25, -0.2) is 4.79 Å². The van der Waals surface area contributed by atoms with E-state index in [0.717, 1.165) is 17.1 Å². The number of carboxylic acids is 1. The molecule has 3 rings (SSSR count). The van der Waals surface area contributed by atoms with Crippen LogP contribution in [0, 0.1) is 5.92 Å². The molecule has 2 aromatic rings. The Morgan fingerprint density at radius 2 is 1.93 bits per heavy atom. The van der Waals surface area contributed by atoms with Crippen LogP contribution in [-0.4, -0.2) is 40.2 Å². The Hall–Kier alpha value is -1.86. The van der Waals surface area contributed by atoms with Crippen LogP contribution in [0.4, 0.5) is 0 Å². The van der Waals surface area contributed by atoms with E-state index >= 15 is 0 Å². The van der Waals surface area contributed by atoms with E-state index in [0.29, 0.717) is 18.7 Å². The van der Waals surface area contributed by atoms with E-state index in [-0.39, 0.29) is 28.8 Å². The smallest absolute Gasteiger partial charge is 0.326 e. The first kappa shape index (κ1) is 21.4. The number of hydrogen-bond donors (Lipinski definition) is 1. The number of likely N-dealkylation sites (tertiary alicyclic amines) is 1. The zero-order valence-electron chi connectivity index (χ0n) is 15.1. The van der Waals surface area contributed by atoms with Crippen molar-refractivity contribution in [2.75, 3.05) is 12.3 Å². The monoisotopic (exact) mass is 450 g/mol. The van der Waals surface area contributed by atoms with Gasteiger partial charge >= 0.3 is 5.97 Å². The van der Waals surface area contributed by atoms with E-state index in [1.54, 1.807) is 11.8 Å². The summed E-state index contributed by atoms with van der Waals surface area (Å²) in [5, 5.41) is 10.3. The van der Waals surface area contributed by atoms with Crippen LogP contribution in [0.2, 0.25) is 0 Å². The van der Waals surface area contributed by atoms with E-state index in [2.05, 4.69) is 4.57 Å². The van der Waals surface area contributed by atoms with Crippen LogP contribution in [0.15, 0.2) is 59.8 Å². The highest BCUT2D eigenvalue weighted by Gasteiger charge is 2.35. The van der Waals surface area contributed by atoms with Crippen molar-refractivity contribution in [1.82, 2.24) is 4.90 Å². The SMILES string of the molecule is CC(CSc1cccc[n+]1-c1ccccc1)C(=O)N1CCC[C@H]1C(=O)O.[Br-]. The minimum Gasteiger partial charge on any atom is -1.00 e. The average Bonchev–Trinajstić information content (AvgIpc) is 3.16. The molecule has 27 heavy (non-hydrogen) atoms. The second-order valence-corrected chi connectivity index (χ2v) is 7.52. The molecule has 1 N–H and O–H groups in total. The first-order valence-electron chi connectivity index (χ1n) is 8.80. The second-order valence-electron chi connectivity index (χ2n) is 6.48. The molecule has 1 aliphatic rings. The molecule has 7 heteroatoms. The van der Waals surface area contributed by atoms with Gasteiger partial charge in [0.15, 0.2) is 6.20 Å². The maximum absolute atomic E-state index is 12.7. The molecule has 1 aliphatic heterocycles. The number of hydrogen-bond acceptors (Lipinski definition) is 3. The minimum absolute atomic E-state index is 0. The Morgan fingerprint density at radius 1 is 1.22 bits per heavy atom. The first-order valence-corrected chi connectivity index (χ1v) is 9.78. The molecule has 1 aromatic heterocycles. The fourth-order valence-electron chi connectivity index (χ4n) is 3.20. The van der Waals surface area contributed by atoms with E-state index in [4.69, 9.17) is 0 Å². The summed E-state index contributed by atoms with van der Waals surface area (Å²) in [7, 11) is 0. The fourth-order valence-corrected chi connectivity index (χ4v) is 4.24. The molecule has 0 radical (unpaired) electrons. The van der Waals surface area contributed by atoms with Gasteiger partial charge in [-0.2, -0.15) is 4.57 Å². The number of carbonyl (C=O) groups is 2. The normalized spacial score (nSPS) is 17.2. The van der Waals surface area contributed by atoms with Crippen molar-refractivity contribution in [2.24, 2.45) is 5.92 Å². The van der Waals surface area contributed by atoms with E-state index < -0.39 is 12.0 Å². The molecule has 1 unspecified atom stereocenters. The van der Waals surface area contributed by atoms with Crippen molar-refractivity contribution >= 4 is 23.6 Å². The number of thioether (sulfide) groups is 1. The number of benzene rings is 1. The molecule has 1 aromatic carbocycles. The van der Waals surface area contributed by atoms with Crippen LogP contribution in [0.25, 0.3) is 5.69 Å². The van der Waals surface area contributed by atoms with Crippen LogP contribution >= 0.6 is 11.8 Å². The molecule has 1 amide bonds. The summed E-state index contributed by atoms with van der Waals surface area (Å²) in [6.07, 6.45) is 3.31. The lowest BCUT2D eigenvalue weighted by Gasteiger charge is -2.24. The predicted octanol–water partition coefficient (Wildman–Crippen LogP) is -0.229. The number of amides is 1. The van der Waals surface area contributed by atoms with Gasteiger partial charge in [0.25, 0.3) is 0 Å². The molecular weight excluding hydrogens is 428 g/mol. The summed E-state index contributed by atoms with van der Waals surface area (Å²) in [6, 6.07) is 15.4. The third kappa shape index (κ3) is 5.11. The Labute approximate surface area is 174 Å².